The van der Waals surface area contributed by atoms with E-state index in [0.717, 1.165) is 0 Å². The van der Waals surface area contributed by atoms with Crippen LogP contribution in [0.2, 0.25) is 0 Å². The van der Waals surface area contributed by atoms with Crippen LogP contribution >= 0.6 is 0 Å². The van der Waals surface area contributed by atoms with Gasteiger partial charge in [0, 0.05) is 18.7 Å². The molecule has 1 aromatic rings. The Morgan fingerprint density at radius 3 is 2.85 bits per heavy atom. The third-order valence-electron chi connectivity index (χ3n) is 2.87. The minimum atomic E-state index is -0.658. The lowest BCUT2D eigenvalue weighted by molar-refractivity contribution is -0.384. The van der Waals surface area contributed by atoms with Gasteiger partial charge in [-0.1, -0.05) is 0 Å². The van der Waals surface area contributed by atoms with E-state index in [0.29, 0.717) is 6.61 Å². The molecule has 8 nitrogen and oxygen atoms in total. The summed E-state index contributed by atoms with van der Waals surface area (Å²) in [6.45, 7) is 0.405. The number of hydrogen-bond acceptors (Lipinski definition) is 6. The molecule has 0 atom stereocenters. The second kappa shape index (κ2) is 5.66. The first-order valence-electron chi connectivity index (χ1n) is 5.79. The largest absolute Gasteiger partial charge is 0.465 e. The molecule has 1 saturated heterocycles. The molecule has 2 rings (SSSR count). The molecule has 1 amide bonds. The fourth-order valence-corrected chi connectivity index (χ4v) is 1.91. The van der Waals surface area contributed by atoms with Gasteiger partial charge in [-0.05, 0) is 6.07 Å². The van der Waals surface area contributed by atoms with E-state index in [4.69, 9.17) is 4.74 Å². The number of carbonyl (C=O) groups excluding carboxylic acids is 2. The van der Waals surface area contributed by atoms with Crippen LogP contribution in [0.25, 0.3) is 0 Å². The first-order chi connectivity index (χ1) is 9.54. The lowest BCUT2D eigenvalue weighted by Crippen LogP contribution is -2.42. The summed E-state index contributed by atoms with van der Waals surface area (Å²) in [7, 11) is 1.20. The van der Waals surface area contributed by atoms with Crippen molar-refractivity contribution in [2.24, 2.45) is 0 Å². The van der Waals surface area contributed by atoms with E-state index in [1.165, 1.54) is 30.2 Å². The van der Waals surface area contributed by atoms with E-state index in [9.17, 15) is 19.7 Å². The normalized spacial score (nSPS) is 15.1. The smallest absolute Gasteiger partial charge is 0.339 e. The van der Waals surface area contributed by atoms with Crippen molar-refractivity contribution in [3.8, 4) is 0 Å². The molecule has 1 heterocycles. The zero-order chi connectivity index (χ0) is 14.7. The van der Waals surface area contributed by atoms with Crippen LogP contribution < -0.4 is 4.90 Å². The quantitative estimate of drug-likeness (QED) is 0.460. The predicted octanol–water partition coefficient (Wildman–Crippen LogP) is 0.745. The van der Waals surface area contributed by atoms with Crippen molar-refractivity contribution in [2.45, 2.75) is 0 Å². The van der Waals surface area contributed by atoms with Crippen molar-refractivity contribution < 1.29 is 24.0 Å². The summed E-state index contributed by atoms with van der Waals surface area (Å²) in [4.78, 5) is 35.1. The van der Waals surface area contributed by atoms with Gasteiger partial charge in [-0.25, -0.2) is 4.79 Å². The van der Waals surface area contributed by atoms with E-state index in [2.05, 4.69) is 4.74 Å². The average Bonchev–Trinajstić information content (AvgIpc) is 2.46. The number of esters is 1. The topological polar surface area (TPSA) is 99.0 Å². The Bertz CT molecular complexity index is 571. The van der Waals surface area contributed by atoms with Gasteiger partial charge >= 0.3 is 5.97 Å². The number of ether oxygens (including phenoxy) is 2. The molecule has 1 aliphatic rings. The summed E-state index contributed by atoms with van der Waals surface area (Å²) >= 11 is 0. The minimum Gasteiger partial charge on any atom is -0.465 e. The number of nitrogens with zero attached hydrogens (tertiary/aromatic N) is 2. The lowest BCUT2D eigenvalue weighted by Gasteiger charge is -2.27. The molecule has 8 heteroatoms. The predicted molar refractivity (Wildman–Crippen MR) is 67.6 cm³/mol. The zero-order valence-corrected chi connectivity index (χ0v) is 10.7. The van der Waals surface area contributed by atoms with Gasteiger partial charge in [0.05, 0.1) is 29.9 Å². The highest BCUT2D eigenvalue weighted by Gasteiger charge is 2.27. The number of carbonyl (C=O) groups is 2. The van der Waals surface area contributed by atoms with Gasteiger partial charge in [0.1, 0.15) is 6.61 Å². The molecular formula is C12H12N2O6. The lowest BCUT2D eigenvalue weighted by atomic mass is 10.1. The van der Waals surface area contributed by atoms with Crippen LogP contribution in [-0.2, 0) is 14.3 Å². The van der Waals surface area contributed by atoms with Crippen LogP contribution in [0, 0.1) is 10.1 Å². The van der Waals surface area contributed by atoms with E-state index in [1.807, 2.05) is 0 Å². The summed E-state index contributed by atoms with van der Waals surface area (Å²) < 4.78 is 9.62. The molecular weight excluding hydrogens is 268 g/mol. The third kappa shape index (κ3) is 2.59. The Morgan fingerprint density at radius 2 is 2.25 bits per heavy atom. The molecule has 1 aliphatic heterocycles. The molecule has 1 fully saturated rings. The van der Waals surface area contributed by atoms with Gasteiger partial charge in [0.15, 0.2) is 0 Å². The Balaban J connectivity index is 2.50. The zero-order valence-electron chi connectivity index (χ0n) is 10.7. The summed E-state index contributed by atoms with van der Waals surface area (Å²) in [6, 6.07) is 3.66. The number of amides is 1. The molecule has 0 unspecified atom stereocenters. The molecule has 0 aromatic heterocycles. The van der Waals surface area contributed by atoms with Crippen molar-refractivity contribution in [1.82, 2.24) is 0 Å². The molecule has 0 bridgehead atoms. The number of methoxy groups -OCH3 is 1. The number of anilines is 1. The fourth-order valence-electron chi connectivity index (χ4n) is 1.91. The van der Waals surface area contributed by atoms with Crippen molar-refractivity contribution in [2.75, 3.05) is 31.8 Å². The van der Waals surface area contributed by atoms with Gasteiger partial charge in [-0.2, -0.15) is 0 Å². The number of nitro benzene ring substituents is 1. The van der Waals surface area contributed by atoms with Gasteiger partial charge in [-0.15, -0.1) is 0 Å². The Hall–Kier alpha value is -2.48. The maximum atomic E-state index is 11.8. The van der Waals surface area contributed by atoms with Gasteiger partial charge in [0.2, 0.25) is 0 Å². The summed E-state index contributed by atoms with van der Waals surface area (Å²) in [5.41, 5.74) is 0.0691. The highest BCUT2D eigenvalue weighted by Crippen LogP contribution is 2.27. The highest BCUT2D eigenvalue weighted by molar-refractivity contribution is 6.03. The van der Waals surface area contributed by atoms with Crippen molar-refractivity contribution in [3.05, 3.63) is 33.9 Å². The first-order valence-corrected chi connectivity index (χ1v) is 5.79. The minimum absolute atomic E-state index is 0.105. The van der Waals surface area contributed by atoms with Gasteiger partial charge in [-0.3, -0.25) is 14.9 Å². The average molecular weight is 280 g/mol. The summed E-state index contributed by atoms with van der Waals surface area (Å²) in [5, 5.41) is 10.8. The van der Waals surface area contributed by atoms with Crippen LogP contribution in [0.5, 0.6) is 0 Å². The van der Waals surface area contributed by atoms with Crippen molar-refractivity contribution >= 4 is 23.3 Å². The third-order valence-corrected chi connectivity index (χ3v) is 2.87. The molecule has 106 valence electrons. The SMILES string of the molecule is COC(=O)c1ccc([N+](=O)[O-])cc1N1CCOCC1=O. The Morgan fingerprint density at radius 1 is 1.50 bits per heavy atom. The number of hydrogen-bond donors (Lipinski definition) is 0. The molecule has 0 radical (unpaired) electrons. The van der Waals surface area contributed by atoms with Crippen LogP contribution in [0.3, 0.4) is 0 Å². The van der Waals surface area contributed by atoms with Crippen LogP contribution in [0.1, 0.15) is 10.4 Å². The standard InChI is InChI=1S/C12H12N2O6/c1-19-12(16)9-3-2-8(14(17)18)6-10(9)13-4-5-20-7-11(13)15/h2-3,6H,4-5,7H2,1H3. The number of morpholine rings is 1. The van der Waals surface area contributed by atoms with E-state index in [-0.39, 0.29) is 36.0 Å². The molecule has 1 aromatic carbocycles. The van der Waals surface area contributed by atoms with Crippen molar-refractivity contribution in [3.63, 3.8) is 0 Å². The van der Waals surface area contributed by atoms with E-state index in [1.54, 1.807) is 0 Å². The molecule has 0 spiro atoms. The number of non-ortho nitro benzene ring substituents is 1. The summed E-state index contributed by atoms with van der Waals surface area (Å²) in [6.07, 6.45) is 0. The number of nitro groups is 1. The van der Waals surface area contributed by atoms with Crippen LogP contribution in [0.15, 0.2) is 18.2 Å². The fraction of sp³-hybridized carbons (Fsp3) is 0.333. The number of rotatable bonds is 3. The molecule has 0 N–H and O–H groups in total. The Labute approximate surface area is 114 Å². The van der Waals surface area contributed by atoms with Gasteiger partial charge in [0.25, 0.3) is 11.6 Å². The monoisotopic (exact) mass is 280 g/mol. The molecule has 0 aliphatic carbocycles. The second-order valence-electron chi connectivity index (χ2n) is 4.05. The van der Waals surface area contributed by atoms with Gasteiger partial charge < -0.3 is 14.4 Å². The first kappa shape index (κ1) is 13.9. The molecule has 20 heavy (non-hydrogen) atoms. The maximum Gasteiger partial charge on any atom is 0.339 e. The number of benzene rings is 1. The highest BCUT2D eigenvalue weighted by atomic mass is 16.6. The second-order valence-corrected chi connectivity index (χ2v) is 4.05. The summed E-state index contributed by atoms with van der Waals surface area (Å²) in [5.74, 6) is -1.02. The van der Waals surface area contributed by atoms with E-state index < -0.39 is 10.9 Å². The van der Waals surface area contributed by atoms with Crippen LogP contribution in [0.4, 0.5) is 11.4 Å². The van der Waals surface area contributed by atoms with Crippen LogP contribution in [-0.4, -0.2) is 43.7 Å². The molecule has 0 saturated carbocycles. The van der Waals surface area contributed by atoms with Crippen molar-refractivity contribution in [1.29, 1.82) is 0 Å². The van der Waals surface area contributed by atoms with E-state index >= 15 is 0 Å². The maximum absolute atomic E-state index is 11.8. The Kier molecular flexibility index (Phi) is 3.94.